The molecule has 0 aliphatic heterocycles. The van der Waals surface area contributed by atoms with Crippen molar-refractivity contribution in [2.24, 2.45) is 0 Å². The van der Waals surface area contributed by atoms with E-state index in [9.17, 15) is 8.42 Å². The molecule has 0 saturated carbocycles. The average molecular weight is 314 g/mol. The number of aryl methyl sites for hydroxylation is 1. The van der Waals surface area contributed by atoms with Gasteiger partial charge in [0.2, 0.25) is 0 Å². The van der Waals surface area contributed by atoms with Crippen LogP contribution in [0.4, 0.5) is 0 Å². The van der Waals surface area contributed by atoms with Crippen LogP contribution in [0.5, 0.6) is 0 Å². The van der Waals surface area contributed by atoms with E-state index in [-0.39, 0.29) is 6.61 Å². The molecule has 4 nitrogen and oxygen atoms in total. The van der Waals surface area contributed by atoms with Crippen LogP contribution in [0.25, 0.3) is 0 Å². The lowest BCUT2D eigenvalue weighted by Gasteiger charge is -2.05. The summed E-state index contributed by atoms with van der Waals surface area (Å²) >= 11 is 0. The second-order valence-corrected chi connectivity index (χ2v) is 6.43. The second kappa shape index (κ2) is 9.92. The van der Waals surface area contributed by atoms with Crippen molar-refractivity contribution in [1.29, 1.82) is 0 Å². The highest BCUT2D eigenvalue weighted by molar-refractivity contribution is 7.80. The summed E-state index contributed by atoms with van der Waals surface area (Å²) in [6.45, 7) is 2.19. The standard InChI is InChI=1S/C16H26O4S/c1-2-3-4-5-6-7-8-15-9-11-16(12-10-15)13-14-20-21(17,18)19/h9-12H,2-8,13-14H2,1H3,(H,17,18,19). The number of benzene rings is 1. The van der Waals surface area contributed by atoms with E-state index in [4.69, 9.17) is 4.55 Å². The Labute approximate surface area is 128 Å². The Kier molecular flexibility index (Phi) is 8.57. The van der Waals surface area contributed by atoms with Gasteiger partial charge in [-0.1, -0.05) is 63.3 Å². The van der Waals surface area contributed by atoms with Crippen LogP contribution < -0.4 is 0 Å². The van der Waals surface area contributed by atoms with E-state index in [2.05, 4.69) is 23.2 Å². The summed E-state index contributed by atoms with van der Waals surface area (Å²) in [5.74, 6) is 0. The Balaban J connectivity index is 2.21. The van der Waals surface area contributed by atoms with Gasteiger partial charge in [-0.3, -0.25) is 4.55 Å². The molecule has 0 aliphatic carbocycles. The predicted molar refractivity (Wildman–Crippen MR) is 84.7 cm³/mol. The van der Waals surface area contributed by atoms with Crippen molar-refractivity contribution in [3.63, 3.8) is 0 Å². The van der Waals surface area contributed by atoms with Crippen molar-refractivity contribution in [3.05, 3.63) is 35.4 Å². The number of unbranched alkanes of at least 4 members (excludes halogenated alkanes) is 5. The van der Waals surface area contributed by atoms with Crippen molar-refractivity contribution in [3.8, 4) is 0 Å². The molecule has 0 radical (unpaired) electrons. The predicted octanol–water partition coefficient (Wildman–Crippen LogP) is 3.95. The van der Waals surface area contributed by atoms with Gasteiger partial charge in [0.15, 0.2) is 0 Å². The summed E-state index contributed by atoms with van der Waals surface area (Å²) in [4.78, 5) is 0. The SMILES string of the molecule is CCCCCCCCc1ccc(CCOS(=O)(=O)O)cc1. The Morgan fingerprint density at radius 2 is 1.43 bits per heavy atom. The first-order valence-electron chi connectivity index (χ1n) is 7.71. The topological polar surface area (TPSA) is 63.6 Å². The molecule has 0 spiro atoms. The smallest absolute Gasteiger partial charge is 0.264 e. The Morgan fingerprint density at radius 3 is 2.00 bits per heavy atom. The summed E-state index contributed by atoms with van der Waals surface area (Å²) in [6, 6.07) is 8.13. The molecular formula is C16H26O4S. The van der Waals surface area contributed by atoms with Crippen LogP contribution in [-0.4, -0.2) is 19.6 Å². The molecule has 0 heterocycles. The minimum Gasteiger partial charge on any atom is -0.264 e. The molecule has 0 saturated heterocycles. The van der Waals surface area contributed by atoms with E-state index in [0.29, 0.717) is 6.42 Å². The van der Waals surface area contributed by atoms with Crippen LogP contribution in [-0.2, 0) is 27.4 Å². The third-order valence-corrected chi connectivity index (χ3v) is 3.93. The summed E-state index contributed by atoms with van der Waals surface area (Å²) in [6.07, 6.45) is 9.33. The van der Waals surface area contributed by atoms with Gasteiger partial charge < -0.3 is 0 Å². The molecule has 0 amide bonds. The van der Waals surface area contributed by atoms with Crippen LogP contribution in [0.1, 0.15) is 56.6 Å². The maximum absolute atomic E-state index is 10.4. The molecule has 0 atom stereocenters. The van der Waals surface area contributed by atoms with Crippen LogP contribution >= 0.6 is 0 Å². The maximum atomic E-state index is 10.4. The molecule has 21 heavy (non-hydrogen) atoms. The van der Waals surface area contributed by atoms with E-state index in [1.165, 1.54) is 44.1 Å². The zero-order valence-corrected chi connectivity index (χ0v) is 13.6. The molecule has 5 heteroatoms. The first-order valence-corrected chi connectivity index (χ1v) is 9.07. The largest absolute Gasteiger partial charge is 0.397 e. The first kappa shape index (κ1) is 18.1. The summed E-state index contributed by atoms with van der Waals surface area (Å²) in [5, 5.41) is 0. The fourth-order valence-corrected chi connectivity index (χ4v) is 2.54. The van der Waals surface area contributed by atoms with Gasteiger partial charge in [-0.2, -0.15) is 8.42 Å². The summed E-state index contributed by atoms with van der Waals surface area (Å²) in [7, 11) is -4.32. The fraction of sp³-hybridized carbons (Fsp3) is 0.625. The lowest BCUT2D eigenvalue weighted by Crippen LogP contribution is -2.06. The molecule has 1 rings (SSSR count). The second-order valence-electron chi connectivity index (χ2n) is 5.33. The molecular weight excluding hydrogens is 288 g/mol. The highest BCUT2D eigenvalue weighted by Gasteiger charge is 2.04. The molecule has 1 aromatic carbocycles. The van der Waals surface area contributed by atoms with Crippen LogP contribution in [0, 0.1) is 0 Å². The third kappa shape index (κ3) is 9.61. The van der Waals surface area contributed by atoms with E-state index >= 15 is 0 Å². The van der Waals surface area contributed by atoms with E-state index in [0.717, 1.165) is 12.0 Å². The Morgan fingerprint density at radius 1 is 0.905 bits per heavy atom. The first-order chi connectivity index (χ1) is 10.0. The quantitative estimate of drug-likeness (QED) is 0.496. The van der Waals surface area contributed by atoms with Gasteiger partial charge in [0, 0.05) is 0 Å². The minimum absolute atomic E-state index is 0.0321. The molecule has 0 unspecified atom stereocenters. The Bertz CT molecular complexity index is 480. The zero-order valence-electron chi connectivity index (χ0n) is 12.8. The van der Waals surface area contributed by atoms with Gasteiger partial charge >= 0.3 is 10.4 Å². The molecule has 1 aromatic rings. The van der Waals surface area contributed by atoms with Gasteiger partial charge in [0.25, 0.3) is 0 Å². The summed E-state index contributed by atoms with van der Waals surface area (Å²) < 4.78 is 33.6. The van der Waals surface area contributed by atoms with Crippen molar-refractivity contribution in [2.75, 3.05) is 6.61 Å². The van der Waals surface area contributed by atoms with Crippen LogP contribution in [0.15, 0.2) is 24.3 Å². The average Bonchev–Trinajstić information content (AvgIpc) is 2.43. The van der Waals surface area contributed by atoms with E-state index in [1.54, 1.807) is 0 Å². The lowest BCUT2D eigenvalue weighted by molar-refractivity contribution is 0.272. The van der Waals surface area contributed by atoms with Gasteiger partial charge in [-0.05, 0) is 30.4 Å². The van der Waals surface area contributed by atoms with Gasteiger partial charge in [0.05, 0.1) is 6.61 Å². The monoisotopic (exact) mass is 314 g/mol. The van der Waals surface area contributed by atoms with Crippen LogP contribution in [0.3, 0.4) is 0 Å². The van der Waals surface area contributed by atoms with Crippen molar-refractivity contribution in [2.45, 2.75) is 58.3 Å². The van der Waals surface area contributed by atoms with Crippen molar-refractivity contribution < 1.29 is 17.2 Å². The number of hydrogen-bond donors (Lipinski definition) is 1. The summed E-state index contributed by atoms with van der Waals surface area (Å²) in [5.41, 5.74) is 2.32. The highest BCUT2D eigenvalue weighted by atomic mass is 32.3. The highest BCUT2D eigenvalue weighted by Crippen LogP contribution is 2.11. The minimum atomic E-state index is -4.32. The van der Waals surface area contributed by atoms with Gasteiger partial charge in [0.1, 0.15) is 0 Å². The van der Waals surface area contributed by atoms with E-state index < -0.39 is 10.4 Å². The molecule has 0 aromatic heterocycles. The molecule has 0 fully saturated rings. The Hall–Kier alpha value is -0.910. The van der Waals surface area contributed by atoms with Gasteiger partial charge in [-0.15, -0.1) is 0 Å². The van der Waals surface area contributed by atoms with Crippen LogP contribution in [0.2, 0.25) is 0 Å². The molecule has 1 N–H and O–H groups in total. The zero-order chi connectivity index (χ0) is 15.6. The molecule has 0 aliphatic rings. The maximum Gasteiger partial charge on any atom is 0.397 e. The molecule has 120 valence electrons. The molecule has 0 bridgehead atoms. The van der Waals surface area contributed by atoms with E-state index in [1.807, 2.05) is 12.1 Å². The number of rotatable bonds is 11. The third-order valence-electron chi connectivity index (χ3n) is 3.46. The lowest BCUT2D eigenvalue weighted by atomic mass is 10.0. The number of hydrogen-bond acceptors (Lipinski definition) is 3. The van der Waals surface area contributed by atoms with Crippen molar-refractivity contribution >= 4 is 10.4 Å². The fourth-order valence-electron chi connectivity index (χ4n) is 2.25. The normalized spacial score (nSPS) is 11.7. The van der Waals surface area contributed by atoms with Gasteiger partial charge in [-0.25, -0.2) is 4.18 Å². The van der Waals surface area contributed by atoms with Crippen molar-refractivity contribution in [1.82, 2.24) is 0 Å².